The molecule has 3 heteroatoms. The van der Waals surface area contributed by atoms with E-state index in [1.165, 1.54) is 5.56 Å². The predicted molar refractivity (Wildman–Crippen MR) is 74.7 cm³/mol. The molecule has 2 aromatic rings. The molecule has 1 atom stereocenters. The normalized spacial score (nSPS) is 19.0. The largest absolute Gasteiger partial charge is 0.404 e. The summed E-state index contributed by atoms with van der Waals surface area (Å²) in [5.74, 6) is 0.902. The molecule has 0 amide bonds. The molecule has 1 aliphatic heterocycles. The van der Waals surface area contributed by atoms with Gasteiger partial charge in [0.05, 0.1) is 0 Å². The first-order valence-corrected chi connectivity index (χ1v) is 6.53. The average molecular weight is 254 g/mol. The van der Waals surface area contributed by atoms with Crippen molar-refractivity contribution < 1.29 is 4.84 Å². The van der Waals surface area contributed by atoms with Crippen molar-refractivity contribution in [2.75, 3.05) is 0 Å². The summed E-state index contributed by atoms with van der Waals surface area (Å²) in [6, 6.07) is 12.4. The van der Waals surface area contributed by atoms with Gasteiger partial charge in [0.2, 0.25) is 0 Å². The molecule has 3 nitrogen and oxygen atoms in total. The Hall–Kier alpha value is -1.87. The molecule has 0 spiro atoms. The molecular weight excluding hydrogens is 236 g/mol. The van der Waals surface area contributed by atoms with Gasteiger partial charge in [-0.2, -0.15) is 0 Å². The Morgan fingerprint density at radius 1 is 1.11 bits per heavy atom. The molecule has 2 heterocycles. The van der Waals surface area contributed by atoms with Crippen molar-refractivity contribution in [1.29, 1.82) is 0 Å². The van der Waals surface area contributed by atoms with E-state index >= 15 is 0 Å². The lowest BCUT2D eigenvalue weighted by molar-refractivity contribution is -0.128. The minimum absolute atomic E-state index is 0.0838. The van der Waals surface area contributed by atoms with E-state index in [4.69, 9.17) is 4.84 Å². The fraction of sp³-hybridized carbons (Fsp3) is 0.312. The van der Waals surface area contributed by atoms with Gasteiger partial charge in [0.15, 0.2) is 5.75 Å². The fourth-order valence-corrected chi connectivity index (χ4v) is 2.44. The number of benzene rings is 1. The van der Waals surface area contributed by atoms with E-state index in [9.17, 15) is 0 Å². The van der Waals surface area contributed by atoms with Crippen LogP contribution in [0.25, 0.3) is 0 Å². The van der Waals surface area contributed by atoms with E-state index in [0.717, 1.165) is 11.3 Å². The van der Waals surface area contributed by atoms with E-state index in [-0.39, 0.29) is 11.6 Å². The van der Waals surface area contributed by atoms with Crippen molar-refractivity contribution >= 4 is 0 Å². The van der Waals surface area contributed by atoms with Crippen LogP contribution in [0.5, 0.6) is 5.75 Å². The van der Waals surface area contributed by atoms with E-state index in [2.05, 4.69) is 55.1 Å². The standard InChI is InChI=1S/C16H18N2O/c1-16(2,3)18-15(12-7-5-4-6-8-12)13-11-17-10-9-14(13)19-18/h4-11,15H,1-3H3. The van der Waals surface area contributed by atoms with Gasteiger partial charge in [-0.25, -0.2) is 0 Å². The summed E-state index contributed by atoms with van der Waals surface area (Å²) in [6.07, 6.45) is 3.67. The van der Waals surface area contributed by atoms with Gasteiger partial charge in [0, 0.05) is 29.6 Å². The Balaban J connectivity index is 2.11. The van der Waals surface area contributed by atoms with Gasteiger partial charge in [0.1, 0.15) is 6.04 Å². The molecule has 1 aliphatic rings. The van der Waals surface area contributed by atoms with Crippen molar-refractivity contribution in [2.45, 2.75) is 32.4 Å². The highest BCUT2D eigenvalue weighted by atomic mass is 16.7. The Labute approximate surface area is 113 Å². The topological polar surface area (TPSA) is 25.4 Å². The molecule has 98 valence electrons. The summed E-state index contributed by atoms with van der Waals surface area (Å²) in [5, 5.41) is 2.05. The quantitative estimate of drug-likeness (QED) is 0.777. The first kappa shape index (κ1) is 12.2. The molecule has 0 N–H and O–H groups in total. The van der Waals surface area contributed by atoms with E-state index < -0.39 is 0 Å². The monoisotopic (exact) mass is 254 g/mol. The molecule has 0 radical (unpaired) electrons. The number of hydroxylamine groups is 2. The maximum Gasteiger partial charge on any atom is 0.155 e. The number of aromatic nitrogens is 1. The molecule has 0 saturated heterocycles. The highest BCUT2D eigenvalue weighted by Gasteiger charge is 2.40. The predicted octanol–water partition coefficient (Wildman–Crippen LogP) is 3.58. The van der Waals surface area contributed by atoms with Crippen LogP contribution in [0.2, 0.25) is 0 Å². The maximum absolute atomic E-state index is 6.03. The summed E-state index contributed by atoms with van der Waals surface area (Å²) in [5.41, 5.74) is 2.27. The highest BCUT2D eigenvalue weighted by molar-refractivity contribution is 5.42. The van der Waals surface area contributed by atoms with E-state index in [1.807, 2.05) is 18.3 Å². The maximum atomic E-state index is 6.03. The van der Waals surface area contributed by atoms with Crippen LogP contribution in [0.15, 0.2) is 48.8 Å². The summed E-state index contributed by atoms with van der Waals surface area (Å²) in [4.78, 5) is 10.3. The molecular formula is C16H18N2O. The Bertz CT molecular complexity index is 575. The third kappa shape index (κ3) is 2.10. The molecule has 1 aromatic heterocycles. The highest BCUT2D eigenvalue weighted by Crippen LogP contribution is 2.44. The van der Waals surface area contributed by atoms with E-state index in [1.54, 1.807) is 6.20 Å². The van der Waals surface area contributed by atoms with Crippen molar-refractivity contribution in [2.24, 2.45) is 0 Å². The van der Waals surface area contributed by atoms with Gasteiger partial charge in [0.25, 0.3) is 0 Å². The Kier molecular flexibility index (Phi) is 2.79. The van der Waals surface area contributed by atoms with Crippen LogP contribution in [-0.4, -0.2) is 15.6 Å². The molecule has 0 aliphatic carbocycles. The third-order valence-corrected chi connectivity index (χ3v) is 3.31. The Morgan fingerprint density at radius 2 is 1.84 bits per heavy atom. The first-order chi connectivity index (χ1) is 9.07. The van der Waals surface area contributed by atoms with Crippen LogP contribution in [0, 0.1) is 0 Å². The van der Waals surface area contributed by atoms with Crippen LogP contribution >= 0.6 is 0 Å². The minimum atomic E-state index is -0.0838. The first-order valence-electron chi connectivity index (χ1n) is 6.53. The molecule has 1 unspecified atom stereocenters. The van der Waals surface area contributed by atoms with Gasteiger partial charge in [-0.15, -0.1) is 5.06 Å². The van der Waals surface area contributed by atoms with Gasteiger partial charge in [-0.05, 0) is 26.3 Å². The molecule has 0 fully saturated rings. The molecule has 1 aromatic carbocycles. The SMILES string of the molecule is CC(C)(C)N1Oc2ccncc2C1c1ccccc1. The average Bonchev–Trinajstić information content (AvgIpc) is 2.79. The summed E-state index contributed by atoms with van der Waals surface area (Å²) in [6.45, 7) is 6.47. The van der Waals surface area contributed by atoms with Crippen molar-refractivity contribution in [3.63, 3.8) is 0 Å². The van der Waals surface area contributed by atoms with Gasteiger partial charge in [-0.3, -0.25) is 4.98 Å². The van der Waals surface area contributed by atoms with Crippen molar-refractivity contribution in [1.82, 2.24) is 10.0 Å². The van der Waals surface area contributed by atoms with E-state index in [0.29, 0.717) is 0 Å². The van der Waals surface area contributed by atoms with Crippen LogP contribution in [-0.2, 0) is 0 Å². The summed E-state index contributed by atoms with van der Waals surface area (Å²) >= 11 is 0. The second-order valence-corrected chi connectivity index (χ2v) is 5.81. The van der Waals surface area contributed by atoms with Gasteiger partial charge in [-0.1, -0.05) is 30.3 Å². The molecule has 3 rings (SSSR count). The zero-order valence-electron chi connectivity index (χ0n) is 11.5. The second kappa shape index (κ2) is 4.35. The number of pyridine rings is 1. The zero-order chi connectivity index (χ0) is 13.5. The minimum Gasteiger partial charge on any atom is -0.404 e. The number of hydrogen-bond acceptors (Lipinski definition) is 3. The number of rotatable bonds is 1. The lowest BCUT2D eigenvalue weighted by atomic mass is 9.96. The summed E-state index contributed by atoms with van der Waals surface area (Å²) < 4.78 is 0. The zero-order valence-corrected chi connectivity index (χ0v) is 11.5. The lowest BCUT2D eigenvalue weighted by Gasteiger charge is -2.34. The number of fused-ring (bicyclic) bond motifs is 1. The summed E-state index contributed by atoms with van der Waals surface area (Å²) in [7, 11) is 0. The van der Waals surface area contributed by atoms with Crippen molar-refractivity contribution in [3.05, 3.63) is 59.9 Å². The molecule has 0 saturated carbocycles. The fourth-order valence-electron chi connectivity index (χ4n) is 2.44. The van der Waals surface area contributed by atoms with Crippen LogP contribution in [0.4, 0.5) is 0 Å². The smallest absolute Gasteiger partial charge is 0.155 e. The van der Waals surface area contributed by atoms with Gasteiger partial charge >= 0.3 is 0 Å². The second-order valence-electron chi connectivity index (χ2n) is 5.81. The van der Waals surface area contributed by atoms with Crippen LogP contribution in [0.1, 0.15) is 37.9 Å². The molecule has 0 bridgehead atoms. The van der Waals surface area contributed by atoms with Crippen molar-refractivity contribution in [3.8, 4) is 5.75 Å². The van der Waals surface area contributed by atoms with Gasteiger partial charge < -0.3 is 4.84 Å². The van der Waals surface area contributed by atoms with Crippen LogP contribution in [0.3, 0.4) is 0 Å². The number of hydrogen-bond donors (Lipinski definition) is 0. The number of nitrogens with zero attached hydrogens (tertiary/aromatic N) is 2. The molecule has 19 heavy (non-hydrogen) atoms. The van der Waals surface area contributed by atoms with Crippen LogP contribution < -0.4 is 4.84 Å². The third-order valence-electron chi connectivity index (χ3n) is 3.31. The lowest BCUT2D eigenvalue weighted by Crippen LogP contribution is -2.43. The Morgan fingerprint density at radius 3 is 2.53 bits per heavy atom.